The molecule has 1 N–H and O–H groups in total. The summed E-state index contributed by atoms with van der Waals surface area (Å²) in [5, 5.41) is 12.1. The highest BCUT2D eigenvalue weighted by molar-refractivity contribution is 6.99. The van der Waals surface area contributed by atoms with Gasteiger partial charge in [0.25, 0.3) is 8.32 Å². The number of hydrogen-bond donors (Lipinski definition) is 1. The molecule has 0 amide bonds. The summed E-state index contributed by atoms with van der Waals surface area (Å²) in [6.07, 6.45) is 0.0562. The largest absolute Gasteiger partial charge is 0.407 e. The van der Waals surface area contributed by atoms with Crippen molar-refractivity contribution in [3.8, 4) is 0 Å². The van der Waals surface area contributed by atoms with Gasteiger partial charge in [-0.1, -0.05) is 88.4 Å². The van der Waals surface area contributed by atoms with Gasteiger partial charge >= 0.3 is 0 Å². The Morgan fingerprint density at radius 1 is 1.04 bits per heavy atom. The van der Waals surface area contributed by atoms with E-state index in [4.69, 9.17) is 9.16 Å². The number of rotatable bonds is 7. The van der Waals surface area contributed by atoms with Crippen LogP contribution in [0.15, 0.2) is 60.7 Å². The zero-order chi connectivity index (χ0) is 19.7. The first kappa shape index (κ1) is 20.3. The maximum absolute atomic E-state index is 9.54. The first-order valence-corrected chi connectivity index (χ1v) is 11.7. The molecule has 3 nitrogen and oxygen atoms in total. The molecule has 3 atom stereocenters. The lowest BCUT2D eigenvalue weighted by Gasteiger charge is -2.43. The van der Waals surface area contributed by atoms with Gasteiger partial charge in [0, 0.05) is 12.5 Å². The highest BCUT2D eigenvalue weighted by atomic mass is 28.4. The van der Waals surface area contributed by atoms with E-state index in [1.807, 2.05) is 6.92 Å². The van der Waals surface area contributed by atoms with Gasteiger partial charge < -0.3 is 14.3 Å². The van der Waals surface area contributed by atoms with Crippen molar-refractivity contribution in [2.75, 3.05) is 13.2 Å². The lowest BCUT2D eigenvalue weighted by molar-refractivity contribution is 0.180. The Labute approximate surface area is 164 Å². The van der Waals surface area contributed by atoms with Crippen molar-refractivity contribution >= 4 is 18.7 Å². The lowest BCUT2D eigenvalue weighted by atomic mass is 9.99. The molecule has 0 aromatic heterocycles. The van der Waals surface area contributed by atoms with Crippen LogP contribution in [0.25, 0.3) is 0 Å². The second-order valence-corrected chi connectivity index (χ2v) is 13.3. The predicted octanol–water partition coefficient (Wildman–Crippen LogP) is 3.35. The SMILES string of the molecule is C[C@@H](CO[Si](c1ccccc1)(c1ccccc1)C(C)(C)C)[C@@H]1O[C@@]1(C)CO. The van der Waals surface area contributed by atoms with Crippen LogP contribution in [-0.2, 0) is 9.16 Å². The summed E-state index contributed by atoms with van der Waals surface area (Å²) < 4.78 is 12.7. The fourth-order valence-electron chi connectivity index (χ4n) is 4.21. The molecular formula is C23H32O3Si. The predicted molar refractivity (Wildman–Crippen MR) is 113 cm³/mol. The van der Waals surface area contributed by atoms with Crippen LogP contribution in [0.1, 0.15) is 34.6 Å². The first-order valence-electron chi connectivity index (χ1n) is 9.78. The normalized spacial score (nSPS) is 23.9. The van der Waals surface area contributed by atoms with Crippen LogP contribution in [-0.4, -0.2) is 38.3 Å². The number of ether oxygens (including phenoxy) is 1. The minimum absolute atomic E-state index is 0.0277. The van der Waals surface area contributed by atoms with E-state index < -0.39 is 13.9 Å². The van der Waals surface area contributed by atoms with Gasteiger partial charge in [-0.2, -0.15) is 0 Å². The van der Waals surface area contributed by atoms with E-state index in [-0.39, 0.29) is 23.7 Å². The second kappa shape index (κ2) is 7.51. The monoisotopic (exact) mass is 384 g/mol. The minimum Gasteiger partial charge on any atom is -0.407 e. The fraction of sp³-hybridized carbons (Fsp3) is 0.478. The molecule has 4 heteroatoms. The molecule has 1 aliphatic rings. The van der Waals surface area contributed by atoms with E-state index in [2.05, 4.69) is 88.4 Å². The van der Waals surface area contributed by atoms with Crippen molar-refractivity contribution in [3.63, 3.8) is 0 Å². The Hall–Kier alpha value is -1.46. The van der Waals surface area contributed by atoms with Gasteiger partial charge in [0.2, 0.25) is 0 Å². The molecule has 0 bridgehead atoms. The third-order valence-electron chi connectivity index (χ3n) is 5.75. The third-order valence-corrected chi connectivity index (χ3v) is 10.8. The minimum atomic E-state index is -2.50. The standard InChI is InChI=1S/C23H32O3Si/c1-18(21-23(5,17-24)26-21)16-25-27(22(2,3)4,19-12-8-6-9-13-19)20-14-10-7-11-15-20/h6-15,18,21,24H,16-17H2,1-5H3/t18-,21-,23-/m0/s1. The molecule has 1 aliphatic heterocycles. The van der Waals surface area contributed by atoms with Gasteiger partial charge in [-0.3, -0.25) is 0 Å². The van der Waals surface area contributed by atoms with E-state index in [1.54, 1.807) is 0 Å². The Bertz CT molecular complexity index is 702. The Balaban J connectivity index is 1.97. The molecule has 3 rings (SSSR count). The molecule has 27 heavy (non-hydrogen) atoms. The van der Waals surface area contributed by atoms with E-state index in [9.17, 15) is 5.11 Å². The summed E-state index contributed by atoms with van der Waals surface area (Å²) in [4.78, 5) is 0. The number of aliphatic hydroxyl groups excluding tert-OH is 1. The molecule has 2 aromatic rings. The molecular weight excluding hydrogens is 352 g/mol. The van der Waals surface area contributed by atoms with Gasteiger partial charge in [0.1, 0.15) is 5.60 Å². The van der Waals surface area contributed by atoms with Crippen molar-refractivity contribution in [2.24, 2.45) is 5.92 Å². The summed E-state index contributed by atoms with van der Waals surface area (Å²) >= 11 is 0. The van der Waals surface area contributed by atoms with Crippen molar-refractivity contribution in [3.05, 3.63) is 60.7 Å². The summed E-state index contributed by atoms with van der Waals surface area (Å²) in [7, 11) is -2.50. The molecule has 0 radical (unpaired) electrons. The van der Waals surface area contributed by atoms with E-state index >= 15 is 0 Å². The molecule has 0 saturated carbocycles. The maximum Gasteiger partial charge on any atom is 0.261 e. The molecule has 1 fully saturated rings. The lowest BCUT2D eigenvalue weighted by Crippen LogP contribution is -2.67. The summed E-state index contributed by atoms with van der Waals surface area (Å²) in [5.74, 6) is 0.226. The first-order chi connectivity index (χ1) is 12.7. The third kappa shape index (κ3) is 3.76. The highest BCUT2D eigenvalue weighted by Crippen LogP contribution is 2.42. The van der Waals surface area contributed by atoms with E-state index in [0.717, 1.165) is 0 Å². The average molecular weight is 385 g/mol. The van der Waals surface area contributed by atoms with Crippen LogP contribution in [0.2, 0.25) is 5.04 Å². The fourth-order valence-corrected chi connectivity index (χ4v) is 8.88. The van der Waals surface area contributed by atoms with E-state index in [1.165, 1.54) is 10.4 Å². The molecule has 146 valence electrons. The molecule has 1 heterocycles. The summed E-state index contributed by atoms with van der Waals surface area (Å²) in [5.41, 5.74) is -0.409. The molecule has 0 unspecified atom stereocenters. The van der Waals surface area contributed by atoms with Crippen LogP contribution in [0.4, 0.5) is 0 Å². The van der Waals surface area contributed by atoms with Crippen LogP contribution in [0, 0.1) is 5.92 Å². The van der Waals surface area contributed by atoms with E-state index in [0.29, 0.717) is 6.61 Å². The summed E-state index contributed by atoms with van der Waals surface area (Å²) in [6.45, 7) is 11.7. The van der Waals surface area contributed by atoms with Crippen molar-refractivity contribution in [2.45, 2.75) is 51.4 Å². The Kier molecular flexibility index (Phi) is 5.64. The van der Waals surface area contributed by atoms with Gasteiger partial charge in [-0.25, -0.2) is 0 Å². The van der Waals surface area contributed by atoms with Crippen LogP contribution in [0.5, 0.6) is 0 Å². The molecule has 0 aliphatic carbocycles. The second-order valence-electron chi connectivity index (χ2n) is 8.96. The molecule has 0 spiro atoms. The maximum atomic E-state index is 9.54. The molecule has 2 aromatic carbocycles. The van der Waals surface area contributed by atoms with Crippen molar-refractivity contribution in [1.29, 1.82) is 0 Å². The Morgan fingerprint density at radius 2 is 1.52 bits per heavy atom. The molecule has 1 saturated heterocycles. The average Bonchev–Trinajstić information content (AvgIpc) is 3.35. The smallest absolute Gasteiger partial charge is 0.261 e. The van der Waals surface area contributed by atoms with Crippen molar-refractivity contribution < 1.29 is 14.3 Å². The van der Waals surface area contributed by atoms with Gasteiger partial charge in [0.05, 0.1) is 12.7 Å². The topological polar surface area (TPSA) is 42.0 Å². The Morgan fingerprint density at radius 3 is 1.89 bits per heavy atom. The zero-order valence-corrected chi connectivity index (χ0v) is 18.1. The zero-order valence-electron chi connectivity index (χ0n) is 17.1. The number of hydrogen-bond acceptors (Lipinski definition) is 3. The van der Waals surface area contributed by atoms with Crippen LogP contribution < -0.4 is 10.4 Å². The van der Waals surface area contributed by atoms with Gasteiger partial charge in [-0.05, 0) is 22.3 Å². The van der Waals surface area contributed by atoms with Gasteiger partial charge in [-0.15, -0.1) is 0 Å². The summed E-state index contributed by atoms with van der Waals surface area (Å²) in [6, 6.07) is 21.4. The van der Waals surface area contributed by atoms with Crippen LogP contribution >= 0.6 is 0 Å². The highest BCUT2D eigenvalue weighted by Gasteiger charge is 2.56. The van der Waals surface area contributed by atoms with Crippen LogP contribution in [0.3, 0.4) is 0 Å². The number of benzene rings is 2. The quantitative estimate of drug-likeness (QED) is 0.588. The van der Waals surface area contributed by atoms with Crippen molar-refractivity contribution in [1.82, 2.24) is 0 Å². The van der Waals surface area contributed by atoms with Gasteiger partial charge in [0.15, 0.2) is 0 Å². The number of epoxide rings is 1. The number of aliphatic hydroxyl groups is 1.